The van der Waals surface area contributed by atoms with Gasteiger partial charge < -0.3 is 4.40 Å². The Bertz CT molecular complexity index is 493. The summed E-state index contributed by atoms with van der Waals surface area (Å²) in [6.45, 7) is 0. The quantitative estimate of drug-likeness (QED) is 0.519. The van der Waals surface area contributed by atoms with Crippen LogP contribution in [0.2, 0.25) is 0 Å². The van der Waals surface area contributed by atoms with Crippen molar-refractivity contribution in [3.05, 3.63) is 29.4 Å². The van der Waals surface area contributed by atoms with Crippen molar-refractivity contribution in [3.8, 4) is 0 Å². The van der Waals surface area contributed by atoms with Crippen LogP contribution in [-0.4, -0.2) is 15.6 Å². The Morgan fingerprint density at radius 3 is 3.36 bits per heavy atom. The molecule has 0 saturated heterocycles. The fraction of sp³-hybridized carbons (Fsp3) is 0. The molecule has 0 amide bonds. The van der Waals surface area contributed by atoms with Gasteiger partial charge in [0.15, 0.2) is 0 Å². The molecule has 0 aromatic carbocycles. The molecular weight excluding hydrogens is 138 g/mol. The van der Waals surface area contributed by atoms with E-state index in [1.54, 1.807) is 6.20 Å². The van der Waals surface area contributed by atoms with Crippen molar-refractivity contribution < 1.29 is 0 Å². The van der Waals surface area contributed by atoms with Gasteiger partial charge in [-0.15, -0.1) is 0 Å². The molecule has 11 heavy (non-hydrogen) atoms. The zero-order valence-electron chi connectivity index (χ0n) is 5.73. The highest BCUT2D eigenvalue weighted by molar-refractivity contribution is 5.88. The van der Waals surface area contributed by atoms with Gasteiger partial charge >= 0.3 is 0 Å². The van der Waals surface area contributed by atoms with E-state index in [9.17, 15) is 0 Å². The lowest BCUT2D eigenvalue weighted by molar-refractivity contribution is 1.22. The Morgan fingerprint density at radius 1 is 1.36 bits per heavy atom. The van der Waals surface area contributed by atoms with Gasteiger partial charge in [0.25, 0.3) is 0 Å². The summed E-state index contributed by atoms with van der Waals surface area (Å²) in [6.07, 6.45) is 9.46. The molecule has 0 N–H and O–H groups in total. The molecule has 0 fully saturated rings. The van der Waals surface area contributed by atoms with Crippen molar-refractivity contribution in [2.45, 2.75) is 0 Å². The minimum Gasteiger partial charge on any atom is -0.306 e. The SMILES string of the molecule is C1=NC=c2c1cn1ccnc21. The second kappa shape index (κ2) is 1.50. The number of hydrogen-bond acceptors (Lipinski definition) is 2. The third-order valence-electron chi connectivity index (χ3n) is 1.92. The number of imidazole rings is 1. The Labute approximate surface area is 62.7 Å². The summed E-state index contributed by atoms with van der Waals surface area (Å²) < 4.78 is 2.01. The predicted molar refractivity (Wildman–Crippen MR) is 42.5 cm³/mol. The van der Waals surface area contributed by atoms with E-state index in [0.29, 0.717) is 0 Å². The Morgan fingerprint density at radius 2 is 2.36 bits per heavy atom. The van der Waals surface area contributed by atoms with Gasteiger partial charge in [-0.1, -0.05) is 0 Å². The van der Waals surface area contributed by atoms with Crippen molar-refractivity contribution in [3.63, 3.8) is 0 Å². The van der Waals surface area contributed by atoms with Gasteiger partial charge in [0, 0.05) is 41.8 Å². The molecule has 52 valence electrons. The van der Waals surface area contributed by atoms with Crippen molar-refractivity contribution in [2.75, 3.05) is 0 Å². The van der Waals surface area contributed by atoms with E-state index >= 15 is 0 Å². The van der Waals surface area contributed by atoms with Gasteiger partial charge in [0.2, 0.25) is 0 Å². The van der Waals surface area contributed by atoms with Crippen molar-refractivity contribution in [1.82, 2.24) is 9.38 Å². The maximum absolute atomic E-state index is 4.20. The van der Waals surface area contributed by atoms with Crippen LogP contribution in [0.5, 0.6) is 0 Å². The fourth-order valence-corrected chi connectivity index (χ4v) is 1.40. The lowest BCUT2D eigenvalue weighted by Crippen LogP contribution is -1.99. The Hall–Kier alpha value is -1.64. The van der Waals surface area contributed by atoms with Crippen LogP contribution in [0.4, 0.5) is 0 Å². The molecule has 1 aliphatic rings. The maximum atomic E-state index is 4.20. The average Bonchev–Trinajstić information content (AvgIpc) is 2.52. The molecular formula is C8H5N3. The molecule has 0 aliphatic carbocycles. The third kappa shape index (κ3) is 0.487. The maximum Gasteiger partial charge on any atom is 0.146 e. The molecule has 3 heterocycles. The highest BCUT2D eigenvalue weighted by atomic mass is 15.0. The van der Waals surface area contributed by atoms with E-state index in [-0.39, 0.29) is 0 Å². The van der Waals surface area contributed by atoms with Crippen LogP contribution in [0.25, 0.3) is 11.8 Å². The zero-order valence-corrected chi connectivity index (χ0v) is 5.73. The highest BCUT2D eigenvalue weighted by Crippen LogP contribution is 2.02. The number of fused-ring (bicyclic) bond motifs is 3. The van der Waals surface area contributed by atoms with E-state index in [4.69, 9.17) is 0 Å². The number of rotatable bonds is 0. The van der Waals surface area contributed by atoms with E-state index in [2.05, 4.69) is 9.98 Å². The predicted octanol–water partition coefficient (Wildman–Crippen LogP) is 0.224. The Kier molecular flexibility index (Phi) is 0.692. The third-order valence-corrected chi connectivity index (χ3v) is 1.92. The summed E-state index contributed by atoms with van der Waals surface area (Å²) in [7, 11) is 0. The summed E-state index contributed by atoms with van der Waals surface area (Å²) in [4.78, 5) is 8.24. The van der Waals surface area contributed by atoms with Gasteiger partial charge in [-0.25, -0.2) is 4.98 Å². The van der Waals surface area contributed by atoms with Gasteiger partial charge in [-0.3, -0.25) is 4.99 Å². The molecule has 0 radical (unpaired) electrons. The van der Waals surface area contributed by atoms with Gasteiger partial charge in [-0.05, 0) is 0 Å². The number of nitrogens with zero attached hydrogens (tertiary/aromatic N) is 3. The summed E-state index contributed by atoms with van der Waals surface area (Å²) in [5.41, 5.74) is 2.16. The van der Waals surface area contributed by atoms with E-state index < -0.39 is 0 Å². The highest BCUT2D eigenvalue weighted by Gasteiger charge is 2.05. The van der Waals surface area contributed by atoms with Crippen LogP contribution in [0.1, 0.15) is 5.56 Å². The summed E-state index contributed by atoms with van der Waals surface area (Å²) in [6, 6.07) is 0. The van der Waals surface area contributed by atoms with Gasteiger partial charge in [0.05, 0.1) is 0 Å². The lowest BCUT2D eigenvalue weighted by Gasteiger charge is -1.76. The van der Waals surface area contributed by atoms with Crippen LogP contribution in [-0.2, 0) is 0 Å². The molecule has 0 bridgehead atoms. The topological polar surface area (TPSA) is 29.7 Å². The number of aromatic nitrogens is 2. The van der Waals surface area contributed by atoms with Crippen LogP contribution in [0, 0.1) is 0 Å². The minimum absolute atomic E-state index is 0.998. The lowest BCUT2D eigenvalue weighted by atomic mass is 10.3. The largest absolute Gasteiger partial charge is 0.306 e. The van der Waals surface area contributed by atoms with Crippen molar-refractivity contribution in [2.24, 2.45) is 4.99 Å². The molecule has 2 aromatic rings. The summed E-state index contributed by atoms with van der Waals surface area (Å²) in [5.74, 6) is 0. The van der Waals surface area contributed by atoms with Crippen molar-refractivity contribution in [1.29, 1.82) is 0 Å². The first-order chi connectivity index (χ1) is 5.45. The molecule has 0 atom stereocenters. The zero-order chi connectivity index (χ0) is 7.26. The normalized spacial score (nSPS) is 13.8. The smallest absolute Gasteiger partial charge is 0.146 e. The second-order valence-electron chi connectivity index (χ2n) is 2.56. The minimum atomic E-state index is 0.998. The van der Waals surface area contributed by atoms with E-state index in [1.807, 2.05) is 29.2 Å². The number of hydrogen-bond donors (Lipinski definition) is 0. The van der Waals surface area contributed by atoms with Crippen LogP contribution in [0.15, 0.2) is 23.6 Å². The second-order valence-corrected chi connectivity index (χ2v) is 2.56. The monoisotopic (exact) mass is 143 g/mol. The van der Waals surface area contributed by atoms with E-state index in [1.165, 1.54) is 0 Å². The van der Waals surface area contributed by atoms with Crippen molar-refractivity contribution >= 4 is 18.1 Å². The molecule has 0 saturated carbocycles. The van der Waals surface area contributed by atoms with E-state index in [0.717, 1.165) is 16.4 Å². The summed E-state index contributed by atoms with van der Waals surface area (Å²) in [5, 5.41) is 1.13. The van der Waals surface area contributed by atoms with Gasteiger partial charge in [0.1, 0.15) is 5.65 Å². The molecule has 0 spiro atoms. The van der Waals surface area contributed by atoms with Crippen LogP contribution >= 0.6 is 0 Å². The first-order valence-electron chi connectivity index (χ1n) is 3.44. The molecule has 3 nitrogen and oxygen atoms in total. The standard InChI is InChI=1S/C8H5N3/c1-2-11-5-6-3-9-4-7(6)8(11)10-1/h1-5H. The first-order valence-corrected chi connectivity index (χ1v) is 3.44. The summed E-state index contributed by atoms with van der Waals surface area (Å²) >= 11 is 0. The molecule has 0 unspecified atom stereocenters. The van der Waals surface area contributed by atoms with Gasteiger partial charge in [-0.2, -0.15) is 0 Å². The van der Waals surface area contributed by atoms with Crippen LogP contribution in [0.3, 0.4) is 0 Å². The molecule has 3 rings (SSSR count). The fourth-order valence-electron chi connectivity index (χ4n) is 1.40. The van der Waals surface area contributed by atoms with Crippen LogP contribution < -0.4 is 5.22 Å². The first kappa shape index (κ1) is 5.07. The Balaban J connectivity index is 2.68. The average molecular weight is 143 g/mol. The number of aliphatic imine (C=N–C) groups is 1. The molecule has 3 heteroatoms. The molecule has 1 aliphatic heterocycles. The molecule has 2 aromatic heterocycles.